The molecule has 8 nitrogen and oxygen atoms in total. The van der Waals surface area contributed by atoms with E-state index >= 15 is 0 Å². The van der Waals surface area contributed by atoms with Gasteiger partial charge in [0.15, 0.2) is 5.82 Å². The van der Waals surface area contributed by atoms with Crippen molar-refractivity contribution in [2.75, 3.05) is 11.2 Å². The monoisotopic (exact) mass is 438 g/mol. The third-order valence-corrected chi connectivity index (χ3v) is 5.08. The highest BCUT2D eigenvalue weighted by molar-refractivity contribution is 8.00. The molecule has 1 atom stereocenters. The molecular weight excluding hydrogens is 423 g/mol. The number of aromatic nitrogens is 4. The Balaban J connectivity index is 1.57. The minimum Gasteiger partial charge on any atom is -0.486 e. The molecule has 0 aliphatic heterocycles. The number of thioether (sulfide) groups is 1. The maximum atomic E-state index is 12.3. The number of nitrogens with zero attached hydrogens (tertiary/aromatic N) is 4. The molecular formula is C17H16Cl2N6O2S. The van der Waals surface area contributed by atoms with Crippen molar-refractivity contribution in [3.63, 3.8) is 0 Å². The lowest BCUT2D eigenvalue weighted by Crippen LogP contribution is -2.24. The van der Waals surface area contributed by atoms with E-state index < -0.39 is 5.25 Å². The average molecular weight is 439 g/mol. The molecule has 1 amide bonds. The molecule has 1 unspecified atom stereocenters. The molecule has 0 radical (unpaired) electrons. The van der Waals surface area contributed by atoms with E-state index in [1.54, 1.807) is 43.3 Å². The Morgan fingerprint density at radius 3 is 2.61 bits per heavy atom. The lowest BCUT2D eigenvalue weighted by atomic mass is 10.3. The molecule has 2 aromatic heterocycles. The maximum absolute atomic E-state index is 12.3. The summed E-state index contributed by atoms with van der Waals surface area (Å²) < 4.78 is 6.91. The number of nitrogen functional groups attached to an aromatic ring is 1. The number of rotatable bonds is 7. The quantitative estimate of drug-likeness (QED) is 0.429. The van der Waals surface area contributed by atoms with Crippen LogP contribution in [0.5, 0.6) is 5.75 Å². The smallest absolute Gasteiger partial charge is 0.238 e. The molecule has 146 valence electrons. The van der Waals surface area contributed by atoms with Crippen LogP contribution in [0.15, 0.2) is 47.8 Å². The van der Waals surface area contributed by atoms with Crippen molar-refractivity contribution in [1.29, 1.82) is 0 Å². The first-order valence-corrected chi connectivity index (χ1v) is 9.73. The van der Waals surface area contributed by atoms with Crippen LogP contribution in [0.4, 0.5) is 5.82 Å². The van der Waals surface area contributed by atoms with Crippen molar-refractivity contribution in [2.24, 2.45) is 0 Å². The fourth-order valence-electron chi connectivity index (χ4n) is 2.05. The van der Waals surface area contributed by atoms with Crippen molar-refractivity contribution in [2.45, 2.75) is 23.9 Å². The second kappa shape index (κ2) is 9.13. The Labute approximate surface area is 175 Å². The van der Waals surface area contributed by atoms with Crippen LogP contribution in [0.2, 0.25) is 10.0 Å². The van der Waals surface area contributed by atoms with Gasteiger partial charge in [-0.1, -0.05) is 35.0 Å². The first kappa shape index (κ1) is 20.2. The Morgan fingerprint density at radius 1 is 1.21 bits per heavy atom. The number of nitrogens with two attached hydrogens (primary N) is 1. The Hall–Kier alpha value is -2.49. The molecule has 2 heterocycles. The van der Waals surface area contributed by atoms with Crippen LogP contribution in [0.25, 0.3) is 0 Å². The van der Waals surface area contributed by atoms with E-state index in [0.717, 1.165) is 0 Å². The van der Waals surface area contributed by atoms with Gasteiger partial charge in [0.25, 0.3) is 0 Å². The highest BCUT2D eigenvalue weighted by Gasteiger charge is 2.20. The Morgan fingerprint density at radius 2 is 1.93 bits per heavy atom. The van der Waals surface area contributed by atoms with Crippen LogP contribution in [-0.2, 0) is 11.4 Å². The van der Waals surface area contributed by atoms with Gasteiger partial charge in [0.05, 0.1) is 10.3 Å². The zero-order valence-electron chi connectivity index (χ0n) is 14.7. The van der Waals surface area contributed by atoms with Gasteiger partial charge in [0.1, 0.15) is 18.2 Å². The van der Waals surface area contributed by atoms with Crippen LogP contribution in [0.1, 0.15) is 12.7 Å². The van der Waals surface area contributed by atoms with Gasteiger partial charge in [-0.05, 0) is 43.3 Å². The van der Waals surface area contributed by atoms with E-state index in [2.05, 4.69) is 20.5 Å². The van der Waals surface area contributed by atoms with Crippen LogP contribution in [-0.4, -0.2) is 31.0 Å². The van der Waals surface area contributed by atoms with Crippen LogP contribution in [0.3, 0.4) is 0 Å². The van der Waals surface area contributed by atoms with Gasteiger partial charge in [0, 0.05) is 11.2 Å². The Bertz CT molecular complexity index is 949. The molecule has 3 aromatic rings. The number of nitrogens with one attached hydrogen (secondary N) is 1. The summed E-state index contributed by atoms with van der Waals surface area (Å²) in [6.07, 6.45) is 1.46. The van der Waals surface area contributed by atoms with E-state index in [1.807, 2.05) is 0 Å². The number of halogens is 2. The fourth-order valence-corrected chi connectivity index (χ4v) is 3.08. The summed E-state index contributed by atoms with van der Waals surface area (Å²) in [6.45, 7) is 1.86. The number of hydrogen-bond acceptors (Lipinski definition) is 7. The number of hydrogen-bond donors (Lipinski definition) is 2. The van der Waals surface area contributed by atoms with Crippen molar-refractivity contribution in [3.8, 4) is 5.75 Å². The summed E-state index contributed by atoms with van der Waals surface area (Å²) in [5, 5.41) is 11.8. The number of carbonyl (C=O) groups is 1. The van der Waals surface area contributed by atoms with Gasteiger partial charge >= 0.3 is 0 Å². The second-order valence-electron chi connectivity index (χ2n) is 5.62. The minimum atomic E-state index is -0.478. The maximum Gasteiger partial charge on any atom is 0.238 e. The summed E-state index contributed by atoms with van der Waals surface area (Å²) in [4.78, 5) is 16.4. The molecule has 0 saturated carbocycles. The predicted molar refractivity (Wildman–Crippen MR) is 109 cm³/mol. The predicted octanol–water partition coefficient (Wildman–Crippen LogP) is 3.39. The molecule has 0 fully saturated rings. The highest BCUT2D eigenvalue weighted by Crippen LogP contribution is 2.23. The van der Waals surface area contributed by atoms with Crippen LogP contribution < -0.4 is 15.9 Å². The molecule has 0 aliphatic carbocycles. The third kappa shape index (κ3) is 5.28. The van der Waals surface area contributed by atoms with E-state index in [4.69, 9.17) is 33.8 Å². The number of carbonyl (C=O) groups excluding carboxylic acids is 1. The SMILES string of the molecule is CC(Sc1nnc(COc2ccc(Cl)cc2)n1N)C(=O)Nc1ccc(Cl)cn1. The number of ether oxygens (including phenoxy) is 1. The van der Waals surface area contributed by atoms with Gasteiger partial charge in [-0.25, -0.2) is 9.66 Å². The number of anilines is 1. The number of pyridine rings is 1. The highest BCUT2D eigenvalue weighted by atomic mass is 35.5. The average Bonchev–Trinajstić information content (AvgIpc) is 3.03. The van der Waals surface area contributed by atoms with Crippen LogP contribution in [0, 0.1) is 0 Å². The van der Waals surface area contributed by atoms with E-state index in [1.165, 1.54) is 22.6 Å². The van der Waals surface area contributed by atoms with Gasteiger partial charge in [-0.15, -0.1) is 10.2 Å². The second-order valence-corrected chi connectivity index (χ2v) is 7.80. The summed E-state index contributed by atoms with van der Waals surface area (Å²) >= 11 is 12.8. The lowest BCUT2D eigenvalue weighted by Gasteiger charge is -2.11. The van der Waals surface area contributed by atoms with E-state index in [-0.39, 0.29) is 12.5 Å². The first-order valence-electron chi connectivity index (χ1n) is 8.09. The normalized spacial score (nSPS) is 11.8. The summed E-state index contributed by atoms with van der Waals surface area (Å²) in [5.41, 5.74) is 0. The third-order valence-electron chi connectivity index (χ3n) is 3.55. The van der Waals surface area contributed by atoms with E-state index in [0.29, 0.717) is 32.6 Å². The largest absolute Gasteiger partial charge is 0.486 e. The molecule has 0 saturated heterocycles. The topological polar surface area (TPSA) is 108 Å². The number of amides is 1. The van der Waals surface area contributed by atoms with Gasteiger partial charge in [-0.3, -0.25) is 4.79 Å². The molecule has 3 N–H and O–H groups in total. The summed E-state index contributed by atoms with van der Waals surface area (Å²) in [7, 11) is 0. The van der Waals surface area contributed by atoms with Gasteiger partial charge in [-0.2, -0.15) is 0 Å². The molecule has 3 rings (SSSR count). The molecule has 11 heteroatoms. The zero-order valence-corrected chi connectivity index (χ0v) is 17.0. The van der Waals surface area contributed by atoms with E-state index in [9.17, 15) is 4.79 Å². The van der Waals surface area contributed by atoms with Crippen LogP contribution >= 0.6 is 35.0 Å². The molecule has 0 bridgehead atoms. The molecule has 0 aliphatic rings. The number of benzene rings is 1. The van der Waals surface area contributed by atoms with Gasteiger partial charge < -0.3 is 15.9 Å². The standard InChI is InChI=1S/C17H16Cl2N6O2S/c1-10(16(26)22-14-7-4-12(19)8-21-14)28-17-24-23-15(25(17)20)9-27-13-5-2-11(18)3-6-13/h2-8,10H,9,20H2,1H3,(H,21,22,26). The molecule has 28 heavy (non-hydrogen) atoms. The summed E-state index contributed by atoms with van der Waals surface area (Å²) in [5.74, 6) is 7.23. The first-order chi connectivity index (χ1) is 13.4. The van der Waals surface area contributed by atoms with Crippen molar-refractivity contribution in [3.05, 3.63) is 58.5 Å². The van der Waals surface area contributed by atoms with Crippen molar-refractivity contribution in [1.82, 2.24) is 19.9 Å². The van der Waals surface area contributed by atoms with Crippen molar-refractivity contribution < 1.29 is 9.53 Å². The van der Waals surface area contributed by atoms with Crippen molar-refractivity contribution >= 4 is 46.7 Å². The molecule has 1 aromatic carbocycles. The minimum absolute atomic E-state index is 0.126. The lowest BCUT2D eigenvalue weighted by molar-refractivity contribution is -0.115. The zero-order chi connectivity index (χ0) is 20.1. The van der Waals surface area contributed by atoms with Gasteiger partial charge in [0.2, 0.25) is 11.1 Å². The Kier molecular flexibility index (Phi) is 6.61. The fraction of sp³-hybridized carbons (Fsp3) is 0.176. The molecule has 0 spiro atoms. The summed E-state index contributed by atoms with van der Waals surface area (Å²) in [6, 6.07) is 10.2.